The van der Waals surface area contributed by atoms with Gasteiger partial charge in [-0.15, -0.1) is 0 Å². The fourth-order valence-corrected chi connectivity index (χ4v) is 6.10. The largest absolute Gasteiger partial charge is 0.507 e. The van der Waals surface area contributed by atoms with E-state index in [1.54, 1.807) is 0 Å². The minimum absolute atomic E-state index is 0.0712. The summed E-state index contributed by atoms with van der Waals surface area (Å²) in [5.41, 5.74) is 4.23. The van der Waals surface area contributed by atoms with Gasteiger partial charge in [0.05, 0.1) is 6.61 Å². The smallest absolute Gasteiger partial charge is 0.377 e. The molecule has 0 bridgehead atoms. The number of aliphatic hydroxyl groups is 4. The van der Waals surface area contributed by atoms with E-state index in [0.717, 1.165) is 59.5 Å². The highest BCUT2D eigenvalue weighted by atomic mass is 16.6. The van der Waals surface area contributed by atoms with Crippen LogP contribution in [0.15, 0.2) is 11.5 Å². The molecule has 2 heterocycles. The van der Waals surface area contributed by atoms with Gasteiger partial charge in [-0.3, -0.25) is 0 Å². The molecule has 5 atom stereocenters. The lowest BCUT2D eigenvalue weighted by Crippen LogP contribution is -2.37. The van der Waals surface area contributed by atoms with Crippen LogP contribution < -0.4 is 4.74 Å². The summed E-state index contributed by atoms with van der Waals surface area (Å²) in [6, 6.07) is 0. The lowest BCUT2D eigenvalue weighted by Gasteiger charge is -2.38. The molecule has 0 amide bonds. The van der Waals surface area contributed by atoms with E-state index < -0.39 is 36.3 Å². The number of benzene rings is 1. The van der Waals surface area contributed by atoms with Gasteiger partial charge >= 0.3 is 5.97 Å². The molecule has 0 aromatic heterocycles. The lowest BCUT2D eigenvalue weighted by atomic mass is 9.84. The second-order valence-electron chi connectivity index (χ2n) is 13.8. The van der Waals surface area contributed by atoms with Crippen molar-refractivity contribution in [2.24, 2.45) is 17.8 Å². The van der Waals surface area contributed by atoms with Gasteiger partial charge in [0.25, 0.3) is 0 Å². The third-order valence-electron chi connectivity index (χ3n) is 9.34. The van der Waals surface area contributed by atoms with Gasteiger partial charge in [0, 0.05) is 5.56 Å². The van der Waals surface area contributed by atoms with Gasteiger partial charge in [-0.05, 0) is 87.8 Å². The van der Waals surface area contributed by atoms with Gasteiger partial charge < -0.3 is 35.0 Å². The summed E-state index contributed by atoms with van der Waals surface area (Å²) in [6.07, 6.45) is 11.3. The number of carbonyl (C=O) groups excluding carboxylic acids is 1. The highest BCUT2D eigenvalue weighted by molar-refractivity contribution is 5.89. The number of phenolic OH excluding ortho intramolecular Hbond substituents is 1. The number of fused-ring (bicyclic) bond motifs is 1. The van der Waals surface area contributed by atoms with Gasteiger partial charge in [0.2, 0.25) is 5.76 Å². The van der Waals surface area contributed by atoms with Crippen LogP contribution in [-0.2, 0) is 16.0 Å². The second-order valence-corrected chi connectivity index (χ2v) is 13.8. The van der Waals surface area contributed by atoms with Crippen molar-refractivity contribution in [3.63, 3.8) is 0 Å². The molecule has 2 aliphatic rings. The van der Waals surface area contributed by atoms with Gasteiger partial charge in [-0.25, -0.2) is 4.79 Å². The molecule has 3 rings (SSSR count). The van der Waals surface area contributed by atoms with Gasteiger partial charge in [-0.2, -0.15) is 0 Å². The van der Waals surface area contributed by atoms with E-state index in [-0.39, 0.29) is 5.60 Å². The van der Waals surface area contributed by atoms with Crippen LogP contribution in [0.2, 0.25) is 0 Å². The Labute approximate surface area is 259 Å². The quantitative estimate of drug-likeness (QED) is 0.138. The van der Waals surface area contributed by atoms with Crippen molar-refractivity contribution in [2.75, 3.05) is 6.61 Å². The number of esters is 1. The molecule has 1 aromatic rings. The predicted molar refractivity (Wildman–Crippen MR) is 170 cm³/mol. The van der Waals surface area contributed by atoms with E-state index in [1.165, 1.54) is 56.9 Å². The van der Waals surface area contributed by atoms with Crippen LogP contribution in [0.5, 0.6) is 11.5 Å². The standard InChI is InChI=1S/C29H50O2.C6H8O6/c1-20(2)12-9-13-21(3)14-10-15-22(4)16-11-18-29(8)19-17-26-25(7)27(30)23(5)24(6)28(26)31-29;7-1-2(8)5-3(9)4(10)6(11)12-5/h20-22,30H,9-19H2,1-8H3;2,5,7-10H,1H2/t21-,22-,29-;2-,5+/m10/s1. The molecule has 5 N–H and O–H groups in total. The summed E-state index contributed by atoms with van der Waals surface area (Å²) in [6.45, 7) is 17.3. The average Bonchev–Trinajstić information content (AvgIpc) is 3.21. The van der Waals surface area contributed by atoms with Gasteiger partial charge in [-0.1, -0.05) is 72.6 Å². The molecule has 43 heavy (non-hydrogen) atoms. The van der Waals surface area contributed by atoms with Crippen molar-refractivity contribution in [1.82, 2.24) is 0 Å². The van der Waals surface area contributed by atoms with Crippen LogP contribution in [0.4, 0.5) is 0 Å². The number of aliphatic hydroxyl groups excluding tert-OH is 4. The van der Waals surface area contributed by atoms with Crippen LogP contribution in [-0.4, -0.2) is 55.9 Å². The maximum atomic E-state index is 10.5. The first-order valence-electron chi connectivity index (χ1n) is 16.2. The van der Waals surface area contributed by atoms with Gasteiger partial charge in [0.15, 0.2) is 11.9 Å². The lowest BCUT2D eigenvalue weighted by molar-refractivity contribution is -0.147. The normalized spacial score (nSPS) is 21.9. The summed E-state index contributed by atoms with van der Waals surface area (Å²) in [4.78, 5) is 10.5. The fourth-order valence-electron chi connectivity index (χ4n) is 6.10. The number of aromatic hydroxyl groups is 1. The minimum Gasteiger partial charge on any atom is -0.507 e. The van der Waals surface area contributed by atoms with Crippen molar-refractivity contribution in [1.29, 1.82) is 0 Å². The van der Waals surface area contributed by atoms with Crippen molar-refractivity contribution in [2.45, 2.75) is 144 Å². The van der Waals surface area contributed by atoms with Crippen molar-refractivity contribution in [3.05, 3.63) is 33.8 Å². The Morgan fingerprint density at radius 3 is 1.93 bits per heavy atom. The second kappa shape index (κ2) is 16.6. The molecule has 1 aromatic carbocycles. The Bertz CT molecular complexity index is 1090. The number of hydrogen-bond acceptors (Lipinski definition) is 8. The van der Waals surface area contributed by atoms with E-state index in [2.05, 4.69) is 46.3 Å². The number of cyclic esters (lactones) is 1. The molecule has 0 unspecified atom stereocenters. The predicted octanol–water partition coefficient (Wildman–Crippen LogP) is 7.43. The summed E-state index contributed by atoms with van der Waals surface area (Å²) >= 11 is 0. The van der Waals surface area contributed by atoms with E-state index >= 15 is 0 Å². The van der Waals surface area contributed by atoms with Crippen molar-refractivity contribution >= 4 is 5.97 Å². The zero-order valence-electron chi connectivity index (χ0n) is 27.8. The van der Waals surface area contributed by atoms with Crippen LogP contribution in [0.3, 0.4) is 0 Å². The molecule has 0 aliphatic carbocycles. The SMILES string of the molecule is Cc1c(C)c2c(c(C)c1O)CC[C@@](C)(CCC[C@H](C)CCC[C@H](C)CCCC(C)C)O2.O=C1O[C@H]([C@@H](O)CO)C(O)=C1O. The monoisotopic (exact) mass is 606 g/mol. The average molecular weight is 607 g/mol. The number of carbonyl (C=O) groups is 1. The molecular weight excluding hydrogens is 548 g/mol. The summed E-state index contributed by atoms with van der Waals surface area (Å²) < 4.78 is 10.9. The molecule has 0 saturated carbocycles. The van der Waals surface area contributed by atoms with Crippen molar-refractivity contribution in [3.8, 4) is 11.5 Å². The Hall–Kier alpha value is -2.45. The minimum atomic E-state index is -1.42. The van der Waals surface area contributed by atoms with E-state index in [4.69, 9.17) is 25.2 Å². The van der Waals surface area contributed by atoms with Crippen LogP contribution >= 0.6 is 0 Å². The summed E-state index contributed by atoms with van der Waals surface area (Å²) in [7, 11) is 0. The number of ether oxygens (including phenoxy) is 2. The fraction of sp³-hybridized carbons (Fsp3) is 0.743. The van der Waals surface area contributed by atoms with Crippen molar-refractivity contribution < 1.29 is 39.8 Å². The summed E-state index contributed by atoms with van der Waals surface area (Å²) in [5.74, 6) is 1.26. The highest BCUT2D eigenvalue weighted by Crippen LogP contribution is 2.44. The first-order chi connectivity index (χ1) is 20.1. The molecule has 246 valence electrons. The van der Waals surface area contributed by atoms with Crippen LogP contribution in [0.1, 0.15) is 121 Å². The number of hydrogen-bond donors (Lipinski definition) is 5. The molecule has 0 saturated heterocycles. The third kappa shape index (κ3) is 10.3. The first-order valence-corrected chi connectivity index (χ1v) is 16.2. The molecule has 8 heteroatoms. The molecule has 2 aliphatic heterocycles. The molecule has 0 spiro atoms. The third-order valence-corrected chi connectivity index (χ3v) is 9.34. The van der Waals surface area contributed by atoms with E-state index in [9.17, 15) is 9.90 Å². The Balaban J connectivity index is 0.000000448. The Morgan fingerprint density at radius 2 is 1.42 bits per heavy atom. The molecular formula is C35H58O8. The number of rotatable bonds is 14. The molecule has 0 radical (unpaired) electrons. The Kier molecular flexibility index (Phi) is 14.2. The van der Waals surface area contributed by atoms with E-state index in [0.29, 0.717) is 5.75 Å². The Morgan fingerprint density at radius 1 is 0.860 bits per heavy atom. The maximum Gasteiger partial charge on any atom is 0.377 e. The number of phenols is 1. The van der Waals surface area contributed by atoms with E-state index in [1.807, 2.05) is 13.8 Å². The zero-order chi connectivity index (χ0) is 32.5. The molecule has 8 nitrogen and oxygen atoms in total. The highest BCUT2D eigenvalue weighted by Gasteiger charge is 2.39. The topological polar surface area (TPSA) is 137 Å². The first kappa shape index (κ1) is 36.7. The van der Waals surface area contributed by atoms with Gasteiger partial charge in [0.1, 0.15) is 23.2 Å². The molecule has 0 fully saturated rings. The zero-order valence-corrected chi connectivity index (χ0v) is 27.8. The summed E-state index contributed by atoms with van der Waals surface area (Å²) in [5, 5.41) is 45.4. The van der Waals surface area contributed by atoms with Crippen LogP contribution in [0, 0.1) is 38.5 Å². The maximum absolute atomic E-state index is 10.5. The van der Waals surface area contributed by atoms with Crippen LogP contribution in [0.25, 0.3) is 0 Å².